The molecule has 0 aliphatic heterocycles. The van der Waals surface area contributed by atoms with Crippen LogP contribution in [-0.4, -0.2) is 23.1 Å². The van der Waals surface area contributed by atoms with Gasteiger partial charge in [-0.05, 0) is 31.2 Å². The number of hydrogen-bond donors (Lipinski definition) is 2. The van der Waals surface area contributed by atoms with Gasteiger partial charge in [0.25, 0.3) is 5.91 Å². The molecule has 1 unspecified atom stereocenters. The Bertz CT molecular complexity index is 640. The predicted molar refractivity (Wildman–Crippen MR) is 78.1 cm³/mol. The van der Waals surface area contributed by atoms with E-state index < -0.39 is 18.0 Å². The number of amides is 1. The minimum Gasteiger partial charge on any atom is -0.507 e. The zero-order valence-electron chi connectivity index (χ0n) is 11.4. The van der Waals surface area contributed by atoms with E-state index in [0.717, 1.165) is 0 Å². The average Bonchev–Trinajstić information content (AvgIpc) is 2.48. The summed E-state index contributed by atoms with van der Waals surface area (Å²) in [6.45, 7) is 1.47. The van der Waals surface area contributed by atoms with Crippen molar-refractivity contribution in [3.05, 3.63) is 60.2 Å². The van der Waals surface area contributed by atoms with Gasteiger partial charge in [0.2, 0.25) is 0 Å². The number of anilines is 1. The van der Waals surface area contributed by atoms with Crippen LogP contribution in [0, 0.1) is 0 Å². The fraction of sp³-hybridized carbons (Fsp3) is 0.125. The molecule has 0 bridgehead atoms. The zero-order valence-corrected chi connectivity index (χ0v) is 11.4. The topological polar surface area (TPSA) is 75.6 Å². The summed E-state index contributed by atoms with van der Waals surface area (Å²) in [6.07, 6.45) is -0.975. The van der Waals surface area contributed by atoms with Crippen LogP contribution in [0.4, 0.5) is 5.69 Å². The highest BCUT2D eigenvalue weighted by Gasteiger charge is 2.20. The minimum atomic E-state index is -0.975. The second kappa shape index (κ2) is 6.56. The van der Waals surface area contributed by atoms with Gasteiger partial charge in [0, 0.05) is 5.69 Å². The number of carbonyl (C=O) groups excluding carboxylic acids is 2. The van der Waals surface area contributed by atoms with Crippen LogP contribution < -0.4 is 5.32 Å². The van der Waals surface area contributed by atoms with E-state index in [4.69, 9.17) is 4.74 Å². The van der Waals surface area contributed by atoms with E-state index in [-0.39, 0.29) is 11.3 Å². The number of ether oxygens (including phenoxy) is 1. The fourth-order valence-corrected chi connectivity index (χ4v) is 1.69. The van der Waals surface area contributed by atoms with E-state index in [2.05, 4.69) is 5.32 Å². The van der Waals surface area contributed by atoms with E-state index in [1.54, 1.807) is 36.4 Å². The van der Waals surface area contributed by atoms with Gasteiger partial charge in [0.05, 0.1) is 0 Å². The molecule has 0 aliphatic carbocycles. The summed E-state index contributed by atoms with van der Waals surface area (Å²) in [5, 5.41) is 12.2. The molecular formula is C16H15NO4. The van der Waals surface area contributed by atoms with Gasteiger partial charge in [-0.15, -0.1) is 0 Å². The highest BCUT2D eigenvalue weighted by atomic mass is 16.5. The van der Waals surface area contributed by atoms with Crippen molar-refractivity contribution >= 4 is 17.6 Å². The number of phenols is 1. The van der Waals surface area contributed by atoms with Gasteiger partial charge in [0.15, 0.2) is 6.10 Å². The van der Waals surface area contributed by atoms with Gasteiger partial charge >= 0.3 is 5.97 Å². The molecule has 21 heavy (non-hydrogen) atoms. The van der Waals surface area contributed by atoms with E-state index in [1.165, 1.54) is 19.1 Å². The van der Waals surface area contributed by atoms with E-state index >= 15 is 0 Å². The van der Waals surface area contributed by atoms with Crippen molar-refractivity contribution < 1.29 is 19.4 Å². The maximum atomic E-state index is 11.9. The molecule has 0 heterocycles. The first-order valence-electron chi connectivity index (χ1n) is 6.43. The van der Waals surface area contributed by atoms with Crippen LogP contribution in [0.25, 0.3) is 0 Å². The summed E-state index contributed by atoms with van der Waals surface area (Å²) in [6, 6.07) is 14.9. The van der Waals surface area contributed by atoms with Crippen molar-refractivity contribution in [1.29, 1.82) is 0 Å². The SMILES string of the molecule is CC(OC(=O)c1ccccc1O)C(=O)Nc1ccccc1. The molecule has 1 atom stereocenters. The standard InChI is InChI=1S/C16H15NO4/c1-11(15(19)17-12-7-3-2-4-8-12)21-16(20)13-9-5-6-10-14(13)18/h2-11,18H,1H3,(H,17,19). The van der Waals surface area contributed by atoms with Gasteiger partial charge in [-0.25, -0.2) is 4.79 Å². The van der Waals surface area contributed by atoms with Crippen LogP contribution in [0.2, 0.25) is 0 Å². The van der Waals surface area contributed by atoms with Gasteiger partial charge in [-0.2, -0.15) is 0 Å². The number of nitrogens with one attached hydrogen (secondary N) is 1. The number of phenolic OH excluding ortho intramolecular Hbond substituents is 1. The second-order valence-electron chi connectivity index (χ2n) is 4.42. The summed E-state index contributed by atoms with van der Waals surface area (Å²) in [7, 11) is 0. The Hall–Kier alpha value is -2.82. The molecule has 2 aromatic rings. The molecule has 1 amide bonds. The average molecular weight is 285 g/mol. The number of esters is 1. The summed E-state index contributed by atoms with van der Waals surface area (Å²) in [5.74, 6) is -1.37. The number of rotatable bonds is 4. The molecule has 0 aliphatic rings. The molecule has 0 saturated heterocycles. The summed E-state index contributed by atoms with van der Waals surface area (Å²) >= 11 is 0. The Labute approximate surface area is 122 Å². The van der Waals surface area contributed by atoms with E-state index in [1.807, 2.05) is 6.07 Å². The molecule has 0 saturated carbocycles. The van der Waals surface area contributed by atoms with Crippen LogP contribution in [0.3, 0.4) is 0 Å². The highest BCUT2D eigenvalue weighted by Crippen LogP contribution is 2.17. The van der Waals surface area contributed by atoms with Crippen molar-refractivity contribution in [2.24, 2.45) is 0 Å². The van der Waals surface area contributed by atoms with Crippen molar-refractivity contribution in [2.45, 2.75) is 13.0 Å². The number of benzene rings is 2. The van der Waals surface area contributed by atoms with Crippen LogP contribution in [0.5, 0.6) is 5.75 Å². The molecule has 2 rings (SSSR count). The molecule has 5 heteroatoms. The third kappa shape index (κ3) is 3.82. The van der Waals surface area contributed by atoms with Gasteiger partial charge in [0.1, 0.15) is 11.3 Å². The summed E-state index contributed by atoms with van der Waals surface area (Å²) in [4.78, 5) is 23.8. The Morgan fingerprint density at radius 2 is 1.67 bits per heavy atom. The number of carbonyl (C=O) groups is 2. The molecule has 0 aromatic heterocycles. The Morgan fingerprint density at radius 1 is 1.05 bits per heavy atom. The van der Waals surface area contributed by atoms with Gasteiger partial charge in [-0.1, -0.05) is 30.3 Å². The molecule has 0 fully saturated rings. The predicted octanol–water partition coefficient (Wildman–Crippen LogP) is 2.58. The third-order valence-electron chi connectivity index (χ3n) is 2.82. The van der Waals surface area contributed by atoms with Crippen molar-refractivity contribution in [1.82, 2.24) is 0 Å². The lowest BCUT2D eigenvalue weighted by molar-refractivity contribution is -0.123. The fourth-order valence-electron chi connectivity index (χ4n) is 1.69. The lowest BCUT2D eigenvalue weighted by Gasteiger charge is -2.14. The van der Waals surface area contributed by atoms with Crippen LogP contribution in [0.15, 0.2) is 54.6 Å². The first kappa shape index (κ1) is 14.6. The normalized spacial score (nSPS) is 11.5. The van der Waals surface area contributed by atoms with Crippen LogP contribution in [0.1, 0.15) is 17.3 Å². The maximum absolute atomic E-state index is 11.9. The molecule has 5 nitrogen and oxygen atoms in total. The first-order valence-corrected chi connectivity index (χ1v) is 6.43. The van der Waals surface area contributed by atoms with Gasteiger partial charge in [-0.3, -0.25) is 4.79 Å². The quantitative estimate of drug-likeness (QED) is 0.847. The number of para-hydroxylation sites is 2. The largest absolute Gasteiger partial charge is 0.507 e. The minimum absolute atomic E-state index is 0.0249. The lowest BCUT2D eigenvalue weighted by Crippen LogP contribution is -2.30. The summed E-state index contributed by atoms with van der Waals surface area (Å²) < 4.78 is 5.04. The molecule has 2 N–H and O–H groups in total. The highest BCUT2D eigenvalue weighted by molar-refractivity contribution is 5.98. The maximum Gasteiger partial charge on any atom is 0.342 e. The van der Waals surface area contributed by atoms with Gasteiger partial charge < -0.3 is 15.2 Å². The lowest BCUT2D eigenvalue weighted by atomic mass is 10.2. The first-order chi connectivity index (χ1) is 10.1. The van der Waals surface area contributed by atoms with Crippen molar-refractivity contribution in [2.75, 3.05) is 5.32 Å². The van der Waals surface area contributed by atoms with Crippen molar-refractivity contribution in [3.8, 4) is 5.75 Å². The molecular weight excluding hydrogens is 270 g/mol. The Kier molecular flexibility index (Phi) is 4.56. The molecule has 0 spiro atoms. The molecule has 2 aromatic carbocycles. The van der Waals surface area contributed by atoms with Crippen LogP contribution in [-0.2, 0) is 9.53 Å². The number of hydrogen-bond acceptors (Lipinski definition) is 4. The number of aromatic hydroxyl groups is 1. The Morgan fingerprint density at radius 3 is 2.33 bits per heavy atom. The molecule has 108 valence electrons. The Balaban J connectivity index is 1.98. The van der Waals surface area contributed by atoms with Crippen LogP contribution >= 0.6 is 0 Å². The second-order valence-corrected chi connectivity index (χ2v) is 4.42. The molecule has 0 radical (unpaired) electrons. The zero-order chi connectivity index (χ0) is 15.2. The summed E-state index contributed by atoms with van der Waals surface area (Å²) in [5.41, 5.74) is 0.643. The van der Waals surface area contributed by atoms with Crippen molar-refractivity contribution in [3.63, 3.8) is 0 Å². The van der Waals surface area contributed by atoms with E-state index in [0.29, 0.717) is 5.69 Å². The monoisotopic (exact) mass is 285 g/mol. The smallest absolute Gasteiger partial charge is 0.342 e. The third-order valence-corrected chi connectivity index (χ3v) is 2.82. The van der Waals surface area contributed by atoms with E-state index in [9.17, 15) is 14.7 Å².